The van der Waals surface area contributed by atoms with Crippen molar-refractivity contribution in [3.63, 3.8) is 0 Å². The predicted octanol–water partition coefficient (Wildman–Crippen LogP) is 2.85. The van der Waals surface area contributed by atoms with Crippen molar-refractivity contribution in [1.82, 2.24) is 15.4 Å². The molecule has 0 spiro atoms. The van der Waals surface area contributed by atoms with Crippen molar-refractivity contribution >= 4 is 39.8 Å². The van der Waals surface area contributed by atoms with Crippen molar-refractivity contribution in [2.75, 3.05) is 12.3 Å². The van der Waals surface area contributed by atoms with Crippen LogP contribution in [0.4, 0.5) is 4.79 Å². The van der Waals surface area contributed by atoms with E-state index in [0.29, 0.717) is 18.6 Å². The van der Waals surface area contributed by atoms with Crippen LogP contribution in [-0.4, -0.2) is 61.3 Å². The minimum absolute atomic E-state index is 0.00131. The molecule has 1 amide bonds. The van der Waals surface area contributed by atoms with E-state index in [1.165, 1.54) is 23.9 Å². The summed E-state index contributed by atoms with van der Waals surface area (Å²) in [5.41, 5.74) is -0.0238. The Labute approximate surface area is 217 Å². The van der Waals surface area contributed by atoms with Gasteiger partial charge < -0.3 is 14.8 Å². The predicted molar refractivity (Wildman–Crippen MR) is 138 cm³/mol. The van der Waals surface area contributed by atoms with Crippen molar-refractivity contribution in [3.05, 3.63) is 29.8 Å². The summed E-state index contributed by atoms with van der Waals surface area (Å²) in [4.78, 5) is 37.2. The van der Waals surface area contributed by atoms with Gasteiger partial charge in [-0.15, -0.1) is 11.8 Å². The third-order valence-electron chi connectivity index (χ3n) is 5.05. The Morgan fingerprint density at radius 1 is 1.17 bits per heavy atom. The standard InChI is InChI=1S/C24H37N3O7S2/c1-16-10-12-17(13-11-16)36(31,32)27-18(9-7-8-14-25-22(30)34-23(2,3)4)20(28)33-21(29)19-26-24(5,6)15-35-19/h10-13,18-19,26-27H,7-9,14-15H2,1-6H3,(H,25,30)/t18-,19-/m0/s1. The van der Waals surface area contributed by atoms with Gasteiger partial charge in [-0.1, -0.05) is 17.7 Å². The number of carbonyl (C=O) groups is 3. The van der Waals surface area contributed by atoms with Crippen LogP contribution >= 0.6 is 11.8 Å². The molecule has 1 aliphatic rings. The van der Waals surface area contributed by atoms with Crippen molar-refractivity contribution < 1.29 is 32.3 Å². The molecule has 0 aliphatic carbocycles. The summed E-state index contributed by atoms with van der Waals surface area (Å²) in [6, 6.07) is 4.91. The van der Waals surface area contributed by atoms with Crippen LogP contribution in [-0.2, 0) is 29.1 Å². The maximum Gasteiger partial charge on any atom is 0.407 e. The highest BCUT2D eigenvalue weighted by atomic mass is 32.2. The highest BCUT2D eigenvalue weighted by Gasteiger charge is 2.38. The van der Waals surface area contributed by atoms with Gasteiger partial charge in [0.25, 0.3) is 0 Å². The van der Waals surface area contributed by atoms with Crippen LogP contribution in [0, 0.1) is 6.92 Å². The molecular weight excluding hydrogens is 506 g/mol. The summed E-state index contributed by atoms with van der Waals surface area (Å²) < 4.78 is 38.4. The van der Waals surface area contributed by atoms with Crippen molar-refractivity contribution in [2.24, 2.45) is 0 Å². The monoisotopic (exact) mass is 543 g/mol. The number of hydrogen-bond acceptors (Lipinski definition) is 9. The zero-order valence-corrected chi connectivity index (χ0v) is 23.3. The normalized spacial score (nSPS) is 18.3. The quantitative estimate of drug-likeness (QED) is 0.231. The van der Waals surface area contributed by atoms with Gasteiger partial charge >= 0.3 is 18.0 Å². The van der Waals surface area contributed by atoms with E-state index >= 15 is 0 Å². The number of esters is 2. The summed E-state index contributed by atoms with van der Waals surface area (Å²) in [5, 5.41) is 4.99. The van der Waals surface area contributed by atoms with E-state index in [0.717, 1.165) is 5.56 Å². The number of nitrogens with one attached hydrogen (secondary N) is 3. The van der Waals surface area contributed by atoms with E-state index in [-0.39, 0.29) is 23.4 Å². The second-order valence-corrected chi connectivity index (χ2v) is 13.2. The maximum atomic E-state index is 12.9. The highest BCUT2D eigenvalue weighted by molar-refractivity contribution is 8.00. The summed E-state index contributed by atoms with van der Waals surface area (Å²) in [7, 11) is -4.04. The zero-order chi connectivity index (χ0) is 27.1. The molecule has 2 rings (SSSR count). The lowest BCUT2D eigenvalue weighted by Crippen LogP contribution is -2.46. The number of aryl methyl sites for hydroxylation is 1. The van der Waals surface area contributed by atoms with Gasteiger partial charge in [0.15, 0.2) is 5.37 Å². The zero-order valence-electron chi connectivity index (χ0n) is 21.7. The molecule has 1 heterocycles. The van der Waals surface area contributed by atoms with Gasteiger partial charge in [0.1, 0.15) is 11.6 Å². The van der Waals surface area contributed by atoms with Gasteiger partial charge in [0.2, 0.25) is 10.0 Å². The Bertz CT molecular complexity index is 1030. The number of unbranched alkanes of at least 4 members (excludes halogenated alkanes) is 1. The summed E-state index contributed by atoms with van der Waals surface area (Å²) in [6.45, 7) is 11.2. The average Bonchev–Trinajstić information content (AvgIpc) is 3.11. The Hall–Kier alpha value is -2.15. The number of hydrogen-bond donors (Lipinski definition) is 3. The molecule has 12 heteroatoms. The molecule has 0 unspecified atom stereocenters. The minimum atomic E-state index is -4.04. The van der Waals surface area contributed by atoms with Gasteiger partial charge in [-0.3, -0.25) is 5.32 Å². The first-order chi connectivity index (χ1) is 16.6. The molecule has 2 atom stereocenters. The van der Waals surface area contributed by atoms with Crippen LogP contribution in [0.15, 0.2) is 29.2 Å². The number of ether oxygens (including phenoxy) is 2. The van der Waals surface area contributed by atoms with Gasteiger partial charge in [-0.05, 0) is 72.9 Å². The van der Waals surface area contributed by atoms with E-state index in [9.17, 15) is 22.8 Å². The Kier molecular flexibility index (Phi) is 10.4. The molecule has 1 aliphatic heterocycles. The van der Waals surface area contributed by atoms with Crippen LogP contribution in [0.5, 0.6) is 0 Å². The fraction of sp³-hybridized carbons (Fsp3) is 0.625. The topological polar surface area (TPSA) is 140 Å². The Morgan fingerprint density at radius 3 is 2.36 bits per heavy atom. The van der Waals surface area contributed by atoms with Gasteiger partial charge in [0.05, 0.1) is 4.90 Å². The smallest absolute Gasteiger partial charge is 0.407 e. The Balaban J connectivity index is 2.01. The van der Waals surface area contributed by atoms with E-state index in [4.69, 9.17) is 9.47 Å². The van der Waals surface area contributed by atoms with Crippen molar-refractivity contribution in [1.29, 1.82) is 0 Å². The molecule has 1 saturated heterocycles. The molecule has 0 bridgehead atoms. The molecule has 0 saturated carbocycles. The van der Waals surface area contributed by atoms with E-state index < -0.39 is 45.1 Å². The number of thioether (sulfide) groups is 1. The third-order valence-corrected chi connectivity index (χ3v) is 8.07. The van der Waals surface area contributed by atoms with Crippen molar-refractivity contribution in [3.8, 4) is 0 Å². The molecule has 1 aromatic carbocycles. The molecular formula is C24H37N3O7S2. The molecule has 10 nitrogen and oxygen atoms in total. The molecule has 1 aromatic rings. The van der Waals surface area contributed by atoms with Crippen LogP contribution in [0.2, 0.25) is 0 Å². The van der Waals surface area contributed by atoms with Gasteiger partial charge in [-0.25, -0.2) is 22.8 Å². The second-order valence-electron chi connectivity index (χ2n) is 10.4. The SMILES string of the molecule is Cc1ccc(S(=O)(=O)N[C@@H](CCCCNC(=O)OC(C)(C)C)C(=O)OC(=O)[C@H]2NC(C)(C)CS2)cc1. The van der Waals surface area contributed by atoms with E-state index in [1.807, 2.05) is 20.8 Å². The van der Waals surface area contributed by atoms with E-state index in [1.54, 1.807) is 32.9 Å². The lowest BCUT2D eigenvalue weighted by Gasteiger charge is -2.20. The largest absolute Gasteiger partial charge is 0.444 e. The molecule has 0 aromatic heterocycles. The fourth-order valence-electron chi connectivity index (χ4n) is 3.26. The number of rotatable bonds is 10. The minimum Gasteiger partial charge on any atom is -0.444 e. The lowest BCUT2D eigenvalue weighted by molar-refractivity contribution is -0.161. The van der Waals surface area contributed by atoms with Gasteiger partial charge in [-0.2, -0.15) is 4.72 Å². The number of alkyl carbamates (subject to hydrolysis) is 1. The molecule has 1 fully saturated rings. The first-order valence-electron chi connectivity index (χ1n) is 11.8. The fourth-order valence-corrected chi connectivity index (χ4v) is 5.73. The van der Waals surface area contributed by atoms with Crippen molar-refractivity contribution in [2.45, 2.75) is 88.3 Å². The second kappa shape index (κ2) is 12.4. The number of benzene rings is 1. The summed E-state index contributed by atoms with van der Waals surface area (Å²) >= 11 is 1.32. The maximum absolute atomic E-state index is 12.9. The van der Waals surface area contributed by atoms with E-state index in [2.05, 4.69) is 15.4 Å². The molecule has 202 valence electrons. The molecule has 3 N–H and O–H groups in total. The highest BCUT2D eigenvalue weighted by Crippen LogP contribution is 2.27. The average molecular weight is 544 g/mol. The van der Waals surface area contributed by atoms with Crippen LogP contribution in [0.25, 0.3) is 0 Å². The lowest BCUT2D eigenvalue weighted by atomic mass is 10.1. The number of amides is 1. The van der Waals surface area contributed by atoms with Gasteiger partial charge in [0, 0.05) is 17.8 Å². The summed E-state index contributed by atoms with van der Waals surface area (Å²) in [6.07, 6.45) is 0.346. The van der Waals surface area contributed by atoms with Crippen LogP contribution < -0.4 is 15.4 Å². The summed E-state index contributed by atoms with van der Waals surface area (Å²) in [5.74, 6) is -1.07. The van der Waals surface area contributed by atoms with Crippen LogP contribution in [0.3, 0.4) is 0 Å². The Morgan fingerprint density at radius 2 is 1.81 bits per heavy atom. The third kappa shape index (κ3) is 10.1. The number of carbonyl (C=O) groups excluding carboxylic acids is 3. The van der Waals surface area contributed by atoms with Crippen LogP contribution in [0.1, 0.15) is 59.4 Å². The first kappa shape index (κ1) is 30.1. The molecule has 36 heavy (non-hydrogen) atoms. The number of sulfonamides is 1. The molecule has 0 radical (unpaired) electrons. The first-order valence-corrected chi connectivity index (χ1v) is 14.3.